The van der Waals surface area contributed by atoms with Gasteiger partial charge in [0.15, 0.2) is 0 Å². The van der Waals surface area contributed by atoms with E-state index in [1.807, 2.05) is 30.3 Å². The minimum Gasteiger partial charge on any atom is -0.550 e. The molecule has 0 radical (unpaired) electrons. The lowest BCUT2D eigenvalue weighted by atomic mass is 9.75. The second-order valence-corrected chi connectivity index (χ2v) is 5.95. The molecule has 0 N–H and O–H groups in total. The predicted molar refractivity (Wildman–Crippen MR) is 71.6 cm³/mol. The quantitative estimate of drug-likeness (QED) is 0.834. The van der Waals surface area contributed by atoms with Crippen molar-refractivity contribution < 1.29 is 14.6 Å². The SMILES string of the molecule is CC1(C)C[C@@H]([C@@H](CC(=O)[O-])c2ccccc2)CCO1. The summed E-state index contributed by atoms with van der Waals surface area (Å²) in [5, 5.41) is 11.0. The molecule has 104 valence electrons. The summed E-state index contributed by atoms with van der Waals surface area (Å²) in [5.74, 6) is -0.614. The fourth-order valence-corrected chi connectivity index (χ4v) is 3.06. The fourth-order valence-electron chi connectivity index (χ4n) is 3.06. The van der Waals surface area contributed by atoms with Crippen LogP contribution in [0.1, 0.15) is 44.6 Å². The van der Waals surface area contributed by atoms with Gasteiger partial charge in [0.25, 0.3) is 0 Å². The molecule has 0 unspecified atom stereocenters. The Balaban J connectivity index is 2.20. The first kappa shape index (κ1) is 14.1. The summed E-state index contributed by atoms with van der Waals surface area (Å²) in [4.78, 5) is 11.0. The van der Waals surface area contributed by atoms with Crippen LogP contribution < -0.4 is 5.11 Å². The van der Waals surface area contributed by atoms with Crippen molar-refractivity contribution in [1.82, 2.24) is 0 Å². The van der Waals surface area contributed by atoms with Crippen LogP contribution in [0.15, 0.2) is 30.3 Å². The lowest BCUT2D eigenvalue weighted by molar-refractivity contribution is -0.306. The molecule has 0 aliphatic carbocycles. The van der Waals surface area contributed by atoms with Gasteiger partial charge in [-0.1, -0.05) is 30.3 Å². The number of hydrogen-bond acceptors (Lipinski definition) is 3. The van der Waals surface area contributed by atoms with E-state index < -0.39 is 5.97 Å². The van der Waals surface area contributed by atoms with Crippen LogP contribution in [0.5, 0.6) is 0 Å². The van der Waals surface area contributed by atoms with Crippen LogP contribution in [-0.4, -0.2) is 18.2 Å². The third-order valence-electron chi connectivity index (χ3n) is 3.92. The van der Waals surface area contributed by atoms with E-state index in [-0.39, 0.29) is 17.9 Å². The number of benzene rings is 1. The summed E-state index contributed by atoms with van der Waals surface area (Å²) < 4.78 is 5.72. The highest BCUT2D eigenvalue weighted by Crippen LogP contribution is 2.39. The molecule has 1 aliphatic heterocycles. The molecular formula is C16H21O3-. The van der Waals surface area contributed by atoms with Gasteiger partial charge in [-0.2, -0.15) is 0 Å². The minimum atomic E-state index is -0.974. The van der Waals surface area contributed by atoms with Crippen molar-refractivity contribution in [3.8, 4) is 0 Å². The lowest BCUT2D eigenvalue weighted by Gasteiger charge is -2.39. The van der Waals surface area contributed by atoms with Gasteiger partial charge in [0.1, 0.15) is 0 Å². The van der Waals surface area contributed by atoms with Crippen molar-refractivity contribution in [2.24, 2.45) is 5.92 Å². The third-order valence-corrected chi connectivity index (χ3v) is 3.92. The Bertz CT molecular complexity index is 425. The number of carbonyl (C=O) groups is 1. The predicted octanol–water partition coefficient (Wildman–Crippen LogP) is 2.12. The highest BCUT2D eigenvalue weighted by atomic mass is 16.5. The largest absolute Gasteiger partial charge is 0.550 e. The summed E-state index contributed by atoms with van der Waals surface area (Å²) in [6, 6.07) is 9.89. The van der Waals surface area contributed by atoms with Gasteiger partial charge in [-0.15, -0.1) is 0 Å². The maximum atomic E-state index is 11.0. The molecule has 0 aromatic heterocycles. The Morgan fingerprint density at radius 1 is 1.42 bits per heavy atom. The van der Waals surface area contributed by atoms with Gasteiger partial charge in [0.2, 0.25) is 0 Å². The van der Waals surface area contributed by atoms with Gasteiger partial charge in [-0.25, -0.2) is 0 Å². The van der Waals surface area contributed by atoms with Gasteiger partial charge in [-0.3, -0.25) is 0 Å². The van der Waals surface area contributed by atoms with Gasteiger partial charge in [-0.05, 0) is 50.5 Å². The fraction of sp³-hybridized carbons (Fsp3) is 0.562. The van der Waals surface area contributed by atoms with E-state index >= 15 is 0 Å². The molecule has 0 saturated carbocycles. The Kier molecular flexibility index (Phi) is 4.25. The summed E-state index contributed by atoms with van der Waals surface area (Å²) in [6.07, 6.45) is 1.89. The van der Waals surface area contributed by atoms with Crippen molar-refractivity contribution >= 4 is 5.97 Å². The molecule has 1 fully saturated rings. The summed E-state index contributed by atoms with van der Waals surface area (Å²) in [6.45, 7) is 4.84. The van der Waals surface area contributed by atoms with E-state index in [9.17, 15) is 9.90 Å². The number of carbonyl (C=O) groups excluding carboxylic acids is 1. The molecule has 0 bridgehead atoms. The second kappa shape index (κ2) is 5.74. The average Bonchev–Trinajstić information content (AvgIpc) is 2.35. The Labute approximate surface area is 114 Å². The van der Waals surface area contributed by atoms with Crippen LogP contribution in [0.4, 0.5) is 0 Å². The van der Waals surface area contributed by atoms with E-state index in [1.54, 1.807) is 0 Å². The Hall–Kier alpha value is -1.35. The first-order chi connectivity index (χ1) is 8.98. The normalized spacial score (nSPS) is 23.8. The molecule has 0 amide bonds. The van der Waals surface area contributed by atoms with E-state index in [2.05, 4.69) is 13.8 Å². The Morgan fingerprint density at radius 3 is 2.68 bits per heavy atom. The maximum Gasteiger partial charge on any atom is 0.0629 e. The highest BCUT2D eigenvalue weighted by molar-refractivity contribution is 5.65. The average molecular weight is 261 g/mol. The summed E-state index contributed by atoms with van der Waals surface area (Å²) >= 11 is 0. The number of rotatable bonds is 4. The zero-order valence-corrected chi connectivity index (χ0v) is 11.6. The summed E-state index contributed by atoms with van der Waals surface area (Å²) in [5.41, 5.74) is 0.927. The van der Waals surface area contributed by atoms with Crippen molar-refractivity contribution in [2.75, 3.05) is 6.61 Å². The number of carboxylic acid groups (broad SMARTS) is 1. The second-order valence-electron chi connectivity index (χ2n) is 5.95. The van der Waals surface area contributed by atoms with Crippen LogP contribution in [0.3, 0.4) is 0 Å². The first-order valence-corrected chi connectivity index (χ1v) is 6.87. The van der Waals surface area contributed by atoms with Gasteiger partial charge >= 0.3 is 0 Å². The third kappa shape index (κ3) is 3.80. The van der Waals surface area contributed by atoms with Gasteiger partial charge in [0, 0.05) is 12.6 Å². The molecule has 1 saturated heterocycles. The van der Waals surface area contributed by atoms with Gasteiger partial charge in [0.05, 0.1) is 5.60 Å². The zero-order valence-electron chi connectivity index (χ0n) is 11.6. The molecule has 2 rings (SSSR count). The number of hydrogen-bond donors (Lipinski definition) is 0. The molecule has 1 aromatic rings. The van der Waals surface area contributed by atoms with Crippen molar-refractivity contribution in [3.63, 3.8) is 0 Å². The molecule has 3 heteroatoms. The van der Waals surface area contributed by atoms with E-state index in [4.69, 9.17) is 4.74 Å². The Morgan fingerprint density at radius 2 is 2.11 bits per heavy atom. The number of aliphatic carboxylic acids is 1. The molecule has 3 nitrogen and oxygen atoms in total. The number of ether oxygens (including phenoxy) is 1. The molecule has 0 spiro atoms. The van der Waals surface area contributed by atoms with E-state index in [0.717, 1.165) is 18.4 Å². The molecule has 1 aliphatic rings. The van der Waals surface area contributed by atoms with Crippen LogP contribution >= 0.6 is 0 Å². The monoisotopic (exact) mass is 261 g/mol. The molecule has 19 heavy (non-hydrogen) atoms. The first-order valence-electron chi connectivity index (χ1n) is 6.87. The minimum absolute atomic E-state index is 0.0226. The zero-order chi connectivity index (χ0) is 13.9. The standard InChI is InChI=1S/C16H22O3/c1-16(2)11-13(8-9-19-16)14(10-15(17)18)12-6-4-3-5-7-12/h3-7,13-14H,8-11H2,1-2H3,(H,17,18)/p-1/t13-,14-/m0/s1. The molecule has 1 heterocycles. The highest BCUT2D eigenvalue weighted by Gasteiger charge is 2.34. The van der Waals surface area contributed by atoms with Gasteiger partial charge < -0.3 is 14.6 Å². The van der Waals surface area contributed by atoms with Crippen molar-refractivity contribution in [1.29, 1.82) is 0 Å². The van der Waals surface area contributed by atoms with Crippen LogP contribution in [0.2, 0.25) is 0 Å². The maximum absolute atomic E-state index is 11.0. The van der Waals surface area contributed by atoms with Crippen LogP contribution in [-0.2, 0) is 9.53 Å². The van der Waals surface area contributed by atoms with Crippen LogP contribution in [0, 0.1) is 5.92 Å². The number of carboxylic acids is 1. The van der Waals surface area contributed by atoms with Crippen molar-refractivity contribution in [3.05, 3.63) is 35.9 Å². The molecule has 2 atom stereocenters. The lowest BCUT2D eigenvalue weighted by Crippen LogP contribution is -2.37. The van der Waals surface area contributed by atoms with Crippen molar-refractivity contribution in [2.45, 2.75) is 44.6 Å². The topological polar surface area (TPSA) is 49.4 Å². The van der Waals surface area contributed by atoms with Crippen LogP contribution in [0.25, 0.3) is 0 Å². The molecular weight excluding hydrogens is 240 g/mol. The summed E-state index contributed by atoms with van der Waals surface area (Å²) in [7, 11) is 0. The molecule has 1 aromatic carbocycles. The smallest absolute Gasteiger partial charge is 0.0629 e. The van der Waals surface area contributed by atoms with E-state index in [1.165, 1.54) is 0 Å². The van der Waals surface area contributed by atoms with E-state index in [0.29, 0.717) is 12.5 Å².